The van der Waals surface area contributed by atoms with Crippen LogP contribution in [0.2, 0.25) is 5.02 Å². The van der Waals surface area contributed by atoms with Crippen LogP contribution in [-0.2, 0) is 26.0 Å². The monoisotopic (exact) mass is 490 g/mol. The fraction of sp³-hybridized carbons (Fsp3) is 0.480. The lowest BCUT2D eigenvalue weighted by molar-refractivity contribution is -0.122. The molecule has 1 saturated carbocycles. The van der Waals surface area contributed by atoms with Gasteiger partial charge in [-0.15, -0.1) is 0 Å². The maximum absolute atomic E-state index is 12.8. The first-order chi connectivity index (χ1) is 15.9. The maximum atomic E-state index is 12.8. The molecule has 1 aliphatic carbocycles. The van der Waals surface area contributed by atoms with Gasteiger partial charge in [0.05, 0.1) is 24.2 Å². The zero-order valence-corrected chi connectivity index (χ0v) is 20.3. The number of amides is 1. The minimum atomic E-state index is -3.50. The number of hydrogen-bond acceptors (Lipinski definition) is 4. The van der Waals surface area contributed by atoms with Gasteiger partial charge >= 0.3 is 0 Å². The Labute approximate surface area is 201 Å². The lowest BCUT2D eigenvalue weighted by Gasteiger charge is -2.26. The van der Waals surface area contributed by atoms with Gasteiger partial charge in [0.15, 0.2) is 0 Å². The average molecular weight is 491 g/mol. The summed E-state index contributed by atoms with van der Waals surface area (Å²) >= 11 is 6.05. The van der Waals surface area contributed by atoms with Crippen LogP contribution in [0.3, 0.4) is 0 Å². The molecule has 8 heteroatoms. The van der Waals surface area contributed by atoms with E-state index >= 15 is 0 Å². The summed E-state index contributed by atoms with van der Waals surface area (Å²) in [6.45, 7) is 1.59. The molecule has 0 aromatic heterocycles. The number of halogens is 1. The molecule has 1 heterocycles. The van der Waals surface area contributed by atoms with E-state index in [0.29, 0.717) is 50.1 Å². The van der Waals surface area contributed by atoms with Crippen LogP contribution in [0.15, 0.2) is 53.4 Å². The SMILES string of the molecule is O=C(CCc1ccc(S(=O)(=O)N2CCOCC2)cc1)NC(c1ccc(Cl)cc1)C1CCCC1. The number of benzene rings is 2. The van der Waals surface area contributed by atoms with Crippen molar-refractivity contribution in [3.63, 3.8) is 0 Å². The van der Waals surface area contributed by atoms with Crippen molar-refractivity contribution in [3.8, 4) is 0 Å². The van der Waals surface area contributed by atoms with Crippen molar-refractivity contribution in [1.29, 1.82) is 0 Å². The Bertz CT molecular complexity index is 1030. The fourth-order valence-electron chi connectivity index (χ4n) is 4.70. The summed E-state index contributed by atoms with van der Waals surface area (Å²) in [5.41, 5.74) is 2.03. The highest BCUT2D eigenvalue weighted by molar-refractivity contribution is 7.89. The summed E-state index contributed by atoms with van der Waals surface area (Å²) in [6.07, 6.45) is 5.54. The number of carbonyl (C=O) groups excluding carboxylic acids is 1. The van der Waals surface area contributed by atoms with Gasteiger partial charge in [-0.2, -0.15) is 4.31 Å². The average Bonchev–Trinajstić information content (AvgIpc) is 3.37. The Balaban J connectivity index is 1.36. The summed E-state index contributed by atoms with van der Waals surface area (Å²) < 4.78 is 32.2. The van der Waals surface area contributed by atoms with Crippen molar-refractivity contribution < 1.29 is 17.9 Å². The van der Waals surface area contributed by atoms with Crippen LogP contribution in [0, 0.1) is 5.92 Å². The van der Waals surface area contributed by atoms with Gasteiger partial charge in [0, 0.05) is 24.5 Å². The number of hydrogen-bond donors (Lipinski definition) is 1. The van der Waals surface area contributed by atoms with E-state index in [1.165, 1.54) is 17.1 Å². The molecule has 178 valence electrons. The molecule has 1 N–H and O–H groups in total. The molecule has 4 rings (SSSR count). The first kappa shape index (κ1) is 24.2. The number of ether oxygens (including phenoxy) is 1. The van der Waals surface area contributed by atoms with E-state index in [4.69, 9.17) is 16.3 Å². The van der Waals surface area contributed by atoms with E-state index in [9.17, 15) is 13.2 Å². The number of nitrogens with one attached hydrogen (secondary N) is 1. The van der Waals surface area contributed by atoms with Gasteiger partial charge < -0.3 is 10.1 Å². The maximum Gasteiger partial charge on any atom is 0.243 e. The smallest absolute Gasteiger partial charge is 0.243 e. The molecule has 2 aromatic carbocycles. The third-order valence-electron chi connectivity index (χ3n) is 6.59. The van der Waals surface area contributed by atoms with Crippen molar-refractivity contribution in [3.05, 3.63) is 64.7 Å². The van der Waals surface area contributed by atoms with Crippen LogP contribution < -0.4 is 5.32 Å². The topological polar surface area (TPSA) is 75.7 Å². The van der Waals surface area contributed by atoms with Crippen LogP contribution in [0.4, 0.5) is 0 Å². The van der Waals surface area contributed by atoms with E-state index in [1.807, 2.05) is 24.3 Å². The van der Waals surface area contributed by atoms with Crippen LogP contribution in [-0.4, -0.2) is 44.9 Å². The predicted molar refractivity (Wildman–Crippen MR) is 129 cm³/mol. The zero-order chi connectivity index (χ0) is 23.3. The van der Waals surface area contributed by atoms with Gasteiger partial charge in [-0.3, -0.25) is 4.79 Å². The van der Waals surface area contributed by atoms with Crippen LogP contribution >= 0.6 is 11.6 Å². The lowest BCUT2D eigenvalue weighted by Crippen LogP contribution is -2.40. The molecule has 2 fully saturated rings. The Hall–Kier alpha value is -1.93. The highest BCUT2D eigenvalue weighted by Crippen LogP contribution is 2.36. The van der Waals surface area contributed by atoms with E-state index < -0.39 is 10.0 Å². The van der Waals surface area contributed by atoms with Crippen LogP contribution in [0.1, 0.15) is 49.3 Å². The first-order valence-electron chi connectivity index (χ1n) is 11.6. The summed E-state index contributed by atoms with van der Waals surface area (Å²) in [4.78, 5) is 13.1. The minimum Gasteiger partial charge on any atom is -0.379 e. The third-order valence-corrected chi connectivity index (χ3v) is 8.75. The Morgan fingerprint density at radius 2 is 1.67 bits per heavy atom. The van der Waals surface area contributed by atoms with Crippen molar-refractivity contribution in [2.24, 2.45) is 5.92 Å². The van der Waals surface area contributed by atoms with Gasteiger partial charge in [0.1, 0.15) is 0 Å². The van der Waals surface area contributed by atoms with Gasteiger partial charge in [-0.1, -0.05) is 48.7 Å². The van der Waals surface area contributed by atoms with Gasteiger partial charge in [0.2, 0.25) is 15.9 Å². The van der Waals surface area contributed by atoms with Crippen LogP contribution in [0.25, 0.3) is 0 Å². The standard InChI is InChI=1S/C25H31ClN2O4S/c26-22-10-8-21(9-11-22)25(20-3-1-2-4-20)27-24(29)14-7-19-5-12-23(13-6-19)33(30,31)28-15-17-32-18-16-28/h5-6,8-13,20,25H,1-4,7,14-18H2,(H,27,29). The highest BCUT2D eigenvalue weighted by Gasteiger charge is 2.28. The van der Waals surface area contributed by atoms with E-state index in [1.54, 1.807) is 24.3 Å². The van der Waals surface area contributed by atoms with Crippen molar-refractivity contribution in [1.82, 2.24) is 9.62 Å². The van der Waals surface area contributed by atoms with E-state index in [-0.39, 0.29) is 16.8 Å². The number of rotatable bonds is 8. The second kappa shape index (κ2) is 11.0. The summed E-state index contributed by atoms with van der Waals surface area (Å²) in [5.74, 6) is 0.451. The third kappa shape index (κ3) is 6.15. The summed E-state index contributed by atoms with van der Waals surface area (Å²) in [5, 5.41) is 3.94. The van der Waals surface area contributed by atoms with Crippen molar-refractivity contribution >= 4 is 27.5 Å². The van der Waals surface area contributed by atoms with Crippen molar-refractivity contribution in [2.45, 2.75) is 49.5 Å². The number of morpholine rings is 1. The molecule has 1 atom stereocenters. The number of sulfonamides is 1. The molecular formula is C25H31ClN2O4S. The van der Waals surface area contributed by atoms with Crippen LogP contribution in [0.5, 0.6) is 0 Å². The summed E-state index contributed by atoms with van der Waals surface area (Å²) in [6, 6.07) is 14.6. The first-order valence-corrected chi connectivity index (χ1v) is 13.5. The molecule has 0 bridgehead atoms. The highest BCUT2D eigenvalue weighted by atomic mass is 35.5. The van der Waals surface area contributed by atoms with Crippen molar-refractivity contribution in [2.75, 3.05) is 26.3 Å². The molecular weight excluding hydrogens is 460 g/mol. The van der Waals surface area contributed by atoms with E-state index in [2.05, 4.69) is 5.32 Å². The van der Waals surface area contributed by atoms with Gasteiger partial charge in [-0.05, 0) is 60.6 Å². The normalized spacial score (nSPS) is 18.8. The quantitative estimate of drug-likeness (QED) is 0.597. The number of nitrogens with zero attached hydrogens (tertiary/aromatic N) is 1. The minimum absolute atomic E-state index is 0.00157. The molecule has 2 aliphatic rings. The Kier molecular flexibility index (Phi) is 8.07. The van der Waals surface area contributed by atoms with E-state index in [0.717, 1.165) is 24.0 Å². The predicted octanol–water partition coefficient (Wildman–Crippen LogP) is 4.34. The molecule has 6 nitrogen and oxygen atoms in total. The number of carbonyl (C=O) groups is 1. The lowest BCUT2D eigenvalue weighted by atomic mass is 9.91. The largest absolute Gasteiger partial charge is 0.379 e. The molecule has 1 unspecified atom stereocenters. The molecule has 0 radical (unpaired) electrons. The Morgan fingerprint density at radius 1 is 1.03 bits per heavy atom. The molecule has 1 saturated heterocycles. The molecule has 1 amide bonds. The Morgan fingerprint density at radius 3 is 2.30 bits per heavy atom. The molecule has 1 aliphatic heterocycles. The molecule has 0 spiro atoms. The second-order valence-corrected chi connectivity index (χ2v) is 11.2. The molecule has 33 heavy (non-hydrogen) atoms. The second-order valence-electron chi connectivity index (χ2n) is 8.80. The van der Waals surface area contributed by atoms with Gasteiger partial charge in [0.25, 0.3) is 0 Å². The number of aryl methyl sites for hydroxylation is 1. The summed E-state index contributed by atoms with van der Waals surface area (Å²) in [7, 11) is -3.50. The molecule has 2 aromatic rings. The zero-order valence-electron chi connectivity index (χ0n) is 18.7. The van der Waals surface area contributed by atoms with Gasteiger partial charge in [-0.25, -0.2) is 8.42 Å². The fourth-order valence-corrected chi connectivity index (χ4v) is 6.24.